The largest absolute Gasteiger partial charge is 0.435 e. The first kappa shape index (κ1) is 18.1. The molecule has 0 radical (unpaired) electrons. The van der Waals surface area contributed by atoms with Gasteiger partial charge in [0.05, 0.1) is 28.2 Å². The van der Waals surface area contributed by atoms with E-state index in [4.69, 9.17) is 0 Å². The number of hydrogen-bond acceptors (Lipinski definition) is 6. The zero-order valence-electron chi connectivity index (χ0n) is 13.7. The number of rotatable bonds is 4. The number of fused-ring (bicyclic) bond motifs is 1. The van der Waals surface area contributed by atoms with E-state index in [-0.39, 0.29) is 27.7 Å². The molecule has 26 heavy (non-hydrogen) atoms. The minimum Gasteiger partial charge on any atom is -0.387 e. The smallest absolute Gasteiger partial charge is 0.387 e. The molecule has 0 atom stereocenters. The minimum absolute atomic E-state index is 0.0424. The van der Waals surface area contributed by atoms with E-state index in [1.807, 2.05) is 0 Å². The van der Waals surface area contributed by atoms with E-state index in [0.717, 1.165) is 10.6 Å². The lowest BCUT2D eigenvalue weighted by atomic mass is 10.2. The Kier molecular flexibility index (Phi) is 4.34. The lowest BCUT2D eigenvalue weighted by molar-refractivity contribution is -0.141. The van der Waals surface area contributed by atoms with E-state index in [2.05, 4.69) is 20.4 Å². The van der Waals surface area contributed by atoms with Crippen LogP contribution in [0.25, 0.3) is 17.0 Å². The molecule has 0 aliphatic rings. The van der Waals surface area contributed by atoms with Gasteiger partial charge in [-0.05, 0) is 12.1 Å². The average molecular weight is 385 g/mol. The zero-order chi connectivity index (χ0) is 19.1. The van der Waals surface area contributed by atoms with E-state index < -0.39 is 21.7 Å². The average Bonchev–Trinajstić information content (AvgIpc) is 3.04. The Morgan fingerprint density at radius 1 is 1.27 bits per heavy atom. The van der Waals surface area contributed by atoms with Gasteiger partial charge in [-0.2, -0.15) is 18.3 Å². The Hall–Kier alpha value is -2.69. The van der Waals surface area contributed by atoms with E-state index in [1.54, 1.807) is 7.05 Å². The maximum Gasteiger partial charge on any atom is 0.435 e. The van der Waals surface area contributed by atoms with Crippen LogP contribution in [0, 0.1) is 0 Å². The zero-order valence-corrected chi connectivity index (χ0v) is 14.6. The Balaban J connectivity index is 2.20. The first-order valence-electron chi connectivity index (χ1n) is 7.50. The molecule has 7 nitrogen and oxygen atoms in total. The van der Waals surface area contributed by atoms with E-state index in [0.29, 0.717) is 5.69 Å². The molecule has 0 spiro atoms. The first-order chi connectivity index (χ1) is 12.2. The summed E-state index contributed by atoms with van der Waals surface area (Å²) in [5.41, 5.74) is -0.439. The summed E-state index contributed by atoms with van der Waals surface area (Å²) >= 11 is 0. The number of pyridine rings is 1. The number of anilines is 1. The summed E-state index contributed by atoms with van der Waals surface area (Å²) in [5, 5.41) is 6.22. The molecule has 0 saturated heterocycles. The van der Waals surface area contributed by atoms with Gasteiger partial charge in [0, 0.05) is 19.3 Å². The highest BCUT2D eigenvalue weighted by Gasteiger charge is 2.34. The van der Waals surface area contributed by atoms with Crippen LogP contribution in [0.1, 0.15) is 12.6 Å². The molecule has 3 aromatic rings. The molecular weight excluding hydrogens is 371 g/mol. The highest BCUT2D eigenvalue weighted by Crippen LogP contribution is 2.30. The summed E-state index contributed by atoms with van der Waals surface area (Å²) in [6, 6.07) is 3.58. The van der Waals surface area contributed by atoms with Crippen LogP contribution < -0.4 is 5.32 Å². The van der Waals surface area contributed by atoms with Gasteiger partial charge in [-0.3, -0.25) is 4.98 Å². The predicted molar refractivity (Wildman–Crippen MR) is 88.5 cm³/mol. The van der Waals surface area contributed by atoms with Crippen LogP contribution in [0.5, 0.6) is 0 Å². The molecule has 0 amide bonds. The van der Waals surface area contributed by atoms with Crippen LogP contribution in [0.3, 0.4) is 0 Å². The lowest BCUT2D eigenvalue weighted by Gasteiger charge is -2.10. The molecular formula is C15H14F3N5O2S. The number of sulfone groups is 1. The van der Waals surface area contributed by atoms with Crippen molar-refractivity contribution >= 4 is 21.2 Å². The van der Waals surface area contributed by atoms with Crippen molar-refractivity contribution in [1.29, 1.82) is 0 Å². The Morgan fingerprint density at radius 3 is 2.62 bits per heavy atom. The molecule has 3 heterocycles. The van der Waals surface area contributed by atoms with Crippen LogP contribution in [-0.4, -0.2) is 40.8 Å². The summed E-state index contributed by atoms with van der Waals surface area (Å²) in [5.74, 6) is -0.151. The predicted octanol–water partition coefficient (Wildman–Crippen LogP) is 2.65. The number of nitrogens with one attached hydrogen (secondary N) is 1. The maximum atomic E-state index is 12.8. The summed E-state index contributed by atoms with van der Waals surface area (Å²) in [6.45, 7) is 1.49. The number of alkyl halides is 3. The van der Waals surface area contributed by atoms with Gasteiger partial charge in [-0.15, -0.1) is 0 Å². The fourth-order valence-corrected chi connectivity index (χ4v) is 3.39. The Bertz CT molecular complexity index is 1080. The number of halogens is 3. The van der Waals surface area contributed by atoms with E-state index in [1.165, 1.54) is 31.5 Å². The van der Waals surface area contributed by atoms with Gasteiger partial charge in [0.15, 0.2) is 21.2 Å². The van der Waals surface area contributed by atoms with Crippen molar-refractivity contribution < 1.29 is 21.6 Å². The molecule has 0 fully saturated rings. The quantitative estimate of drug-likeness (QED) is 0.743. The molecule has 1 N–H and O–H groups in total. The number of hydrogen-bond donors (Lipinski definition) is 1. The minimum atomic E-state index is -4.60. The summed E-state index contributed by atoms with van der Waals surface area (Å²) < 4.78 is 64.2. The van der Waals surface area contributed by atoms with Crippen LogP contribution in [0.4, 0.5) is 18.9 Å². The van der Waals surface area contributed by atoms with Gasteiger partial charge in [0.25, 0.3) is 0 Å². The third-order valence-corrected chi connectivity index (χ3v) is 5.46. The molecule has 0 aliphatic carbocycles. The van der Waals surface area contributed by atoms with Crippen molar-refractivity contribution in [1.82, 2.24) is 19.6 Å². The Morgan fingerprint density at radius 2 is 2.00 bits per heavy atom. The summed E-state index contributed by atoms with van der Waals surface area (Å²) in [6.07, 6.45) is -1.90. The van der Waals surface area contributed by atoms with Crippen molar-refractivity contribution in [3.8, 4) is 11.4 Å². The fourth-order valence-electron chi connectivity index (χ4n) is 2.32. The van der Waals surface area contributed by atoms with E-state index >= 15 is 0 Å². The van der Waals surface area contributed by atoms with Crippen LogP contribution >= 0.6 is 0 Å². The second-order valence-electron chi connectivity index (χ2n) is 5.37. The van der Waals surface area contributed by atoms with Crippen molar-refractivity contribution in [2.75, 3.05) is 18.1 Å². The SMILES string of the molecule is CCS(=O)(=O)c1cc(NC)cnc1-c1ccn2nc(C(F)(F)F)cc2n1. The highest BCUT2D eigenvalue weighted by atomic mass is 32.2. The third-order valence-electron chi connectivity index (χ3n) is 3.71. The topological polar surface area (TPSA) is 89.2 Å². The normalized spacial score (nSPS) is 12.5. The van der Waals surface area contributed by atoms with Gasteiger partial charge in [-0.25, -0.2) is 17.9 Å². The molecule has 3 aromatic heterocycles. The van der Waals surface area contributed by atoms with Gasteiger partial charge < -0.3 is 5.32 Å². The Labute approximate surface area is 146 Å². The summed E-state index contributed by atoms with van der Waals surface area (Å²) in [7, 11) is -2.01. The molecule has 0 aliphatic heterocycles. The van der Waals surface area contributed by atoms with Gasteiger partial charge in [0.2, 0.25) is 0 Å². The van der Waals surface area contributed by atoms with Gasteiger partial charge in [0.1, 0.15) is 5.69 Å². The molecule has 0 unspecified atom stereocenters. The molecule has 0 aromatic carbocycles. The van der Waals surface area contributed by atoms with Gasteiger partial charge in [-0.1, -0.05) is 6.92 Å². The second kappa shape index (κ2) is 6.24. The standard InChI is InChI=1S/C15H14F3N5O2S/c1-3-26(24,25)11-6-9(19-2)8-20-14(11)10-4-5-23-13(21-10)7-12(22-23)15(16,17)18/h4-8,19H,3H2,1-2H3. The molecule has 138 valence electrons. The summed E-state index contributed by atoms with van der Waals surface area (Å²) in [4.78, 5) is 8.19. The van der Waals surface area contributed by atoms with Crippen LogP contribution in [0.2, 0.25) is 0 Å². The lowest BCUT2D eigenvalue weighted by Crippen LogP contribution is -2.08. The maximum absolute atomic E-state index is 12.8. The number of nitrogens with zero attached hydrogens (tertiary/aromatic N) is 4. The fraction of sp³-hybridized carbons (Fsp3) is 0.267. The van der Waals surface area contributed by atoms with Gasteiger partial charge >= 0.3 is 6.18 Å². The second-order valence-corrected chi connectivity index (χ2v) is 7.61. The van der Waals surface area contributed by atoms with Crippen molar-refractivity contribution in [3.63, 3.8) is 0 Å². The van der Waals surface area contributed by atoms with Crippen molar-refractivity contribution in [2.24, 2.45) is 0 Å². The van der Waals surface area contributed by atoms with Crippen molar-refractivity contribution in [3.05, 3.63) is 36.3 Å². The van der Waals surface area contributed by atoms with E-state index in [9.17, 15) is 21.6 Å². The first-order valence-corrected chi connectivity index (χ1v) is 9.15. The monoisotopic (exact) mass is 385 g/mol. The number of aromatic nitrogens is 4. The molecule has 0 bridgehead atoms. The van der Waals surface area contributed by atoms with Crippen LogP contribution in [-0.2, 0) is 16.0 Å². The highest BCUT2D eigenvalue weighted by molar-refractivity contribution is 7.91. The molecule has 3 rings (SSSR count). The van der Waals surface area contributed by atoms with Crippen molar-refractivity contribution in [2.45, 2.75) is 18.0 Å². The van der Waals surface area contributed by atoms with Crippen LogP contribution in [0.15, 0.2) is 35.5 Å². The molecule has 11 heteroatoms. The third kappa shape index (κ3) is 3.21. The molecule has 0 saturated carbocycles.